The van der Waals surface area contributed by atoms with Crippen LogP contribution in [0.3, 0.4) is 0 Å². The van der Waals surface area contributed by atoms with Crippen molar-refractivity contribution >= 4 is 16.8 Å². The number of nitrogens with one attached hydrogen (secondary N) is 2. The third-order valence-electron chi connectivity index (χ3n) is 3.47. The number of fused-ring (bicyclic) bond motifs is 1. The molecule has 1 aromatic carbocycles. The second-order valence-corrected chi connectivity index (χ2v) is 5.03. The van der Waals surface area contributed by atoms with Crippen molar-refractivity contribution in [3.63, 3.8) is 0 Å². The fourth-order valence-corrected chi connectivity index (χ4v) is 2.36. The number of hydrogen-bond donors (Lipinski definition) is 2. The number of carbonyl (C=O) groups excluding carboxylic acids is 1. The van der Waals surface area contributed by atoms with Crippen molar-refractivity contribution in [1.29, 1.82) is 0 Å². The smallest absolute Gasteiger partial charge is 0.224 e. The Morgan fingerprint density at radius 2 is 1.95 bits per heavy atom. The van der Waals surface area contributed by atoms with Gasteiger partial charge in [-0.25, -0.2) is 0 Å². The van der Waals surface area contributed by atoms with Gasteiger partial charge in [-0.3, -0.25) is 9.78 Å². The number of amides is 1. The highest BCUT2D eigenvalue weighted by Crippen LogP contribution is 2.14. The van der Waals surface area contributed by atoms with Crippen molar-refractivity contribution in [2.75, 3.05) is 6.54 Å². The van der Waals surface area contributed by atoms with Crippen LogP contribution < -0.4 is 5.32 Å². The Hall–Kier alpha value is -2.62. The van der Waals surface area contributed by atoms with Crippen LogP contribution in [-0.4, -0.2) is 22.4 Å². The molecule has 2 N–H and O–H groups in total. The highest BCUT2D eigenvalue weighted by atomic mass is 16.1. The molecule has 0 unspecified atom stereocenters. The largest absolute Gasteiger partial charge is 0.361 e. The minimum absolute atomic E-state index is 0.0546. The number of hydrogen-bond acceptors (Lipinski definition) is 2. The number of rotatable bonds is 5. The first-order valence-electron chi connectivity index (χ1n) is 7.03. The van der Waals surface area contributed by atoms with Crippen LogP contribution in [0.15, 0.2) is 55.0 Å². The van der Waals surface area contributed by atoms with Crippen LogP contribution in [0.25, 0.3) is 10.9 Å². The molecule has 0 saturated heterocycles. The number of aromatic nitrogens is 2. The number of H-pyrrole nitrogens is 1. The molecule has 2 aromatic heterocycles. The molecule has 1 amide bonds. The van der Waals surface area contributed by atoms with E-state index in [9.17, 15) is 4.79 Å². The quantitative estimate of drug-likeness (QED) is 0.753. The molecule has 0 saturated carbocycles. The second kappa shape index (κ2) is 6.22. The molecule has 0 bridgehead atoms. The van der Waals surface area contributed by atoms with Gasteiger partial charge in [-0.05, 0) is 53.3 Å². The first-order chi connectivity index (χ1) is 10.3. The van der Waals surface area contributed by atoms with E-state index in [4.69, 9.17) is 0 Å². The summed E-state index contributed by atoms with van der Waals surface area (Å²) in [6.45, 7) is 0.648. The highest BCUT2D eigenvalue weighted by molar-refractivity contribution is 5.83. The summed E-state index contributed by atoms with van der Waals surface area (Å²) in [4.78, 5) is 19.1. The fraction of sp³-hybridized carbons (Fsp3) is 0.176. The first kappa shape index (κ1) is 13.4. The monoisotopic (exact) mass is 279 g/mol. The lowest BCUT2D eigenvalue weighted by Gasteiger charge is -2.05. The van der Waals surface area contributed by atoms with Crippen LogP contribution >= 0.6 is 0 Å². The lowest BCUT2D eigenvalue weighted by Crippen LogP contribution is -2.27. The van der Waals surface area contributed by atoms with Gasteiger partial charge in [-0.15, -0.1) is 0 Å². The van der Waals surface area contributed by atoms with E-state index in [1.54, 1.807) is 12.4 Å². The Morgan fingerprint density at radius 1 is 1.10 bits per heavy atom. The minimum Gasteiger partial charge on any atom is -0.361 e. The zero-order chi connectivity index (χ0) is 14.5. The zero-order valence-corrected chi connectivity index (χ0v) is 11.7. The van der Waals surface area contributed by atoms with Gasteiger partial charge in [0.25, 0.3) is 0 Å². The fourth-order valence-electron chi connectivity index (χ4n) is 2.36. The average Bonchev–Trinajstić information content (AvgIpc) is 2.96. The summed E-state index contributed by atoms with van der Waals surface area (Å²) in [5, 5.41) is 4.09. The standard InChI is InChI=1S/C17H17N3O/c21-17(20-9-5-13-3-7-18-8-4-13)12-14-1-2-16-15(11-14)6-10-19-16/h1-4,6-8,10-11,19H,5,9,12H2,(H,20,21). The SMILES string of the molecule is O=C(Cc1ccc2[nH]ccc2c1)NCCc1ccncc1. The molecule has 3 aromatic rings. The van der Waals surface area contributed by atoms with Gasteiger partial charge in [-0.2, -0.15) is 0 Å². The van der Waals surface area contributed by atoms with Gasteiger partial charge >= 0.3 is 0 Å². The summed E-state index contributed by atoms with van der Waals surface area (Å²) in [6.07, 6.45) is 6.68. The van der Waals surface area contributed by atoms with Gasteiger partial charge < -0.3 is 10.3 Å². The Balaban J connectivity index is 1.51. The summed E-state index contributed by atoms with van der Waals surface area (Å²) < 4.78 is 0. The Kier molecular flexibility index (Phi) is 3.96. The van der Waals surface area contributed by atoms with Crippen molar-refractivity contribution < 1.29 is 4.79 Å². The van der Waals surface area contributed by atoms with Gasteiger partial charge in [0, 0.05) is 30.7 Å². The molecule has 0 radical (unpaired) electrons. The van der Waals surface area contributed by atoms with Crippen LogP contribution in [0, 0.1) is 0 Å². The number of benzene rings is 1. The van der Waals surface area contributed by atoms with Crippen LogP contribution in [0.2, 0.25) is 0 Å². The van der Waals surface area contributed by atoms with Gasteiger partial charge in [0.2, 0.25) is 5.91 Å². The number of aromatic amines is 1. The summed E-state index contributed by atoms with van der Waals surface area (Å²) in [5.41, 5.74) is 3.30. The molecular formula is C17H17N3O. The third-order valence-corrected chi connectivity index (χ3v) is 3.47. The van der Waals surface area contributed by atoms with E-state index in [1.807, 2.05) is 42.6 Å². The van der Waals surface area contributed by atoms with Crippen LogP contribution in [-0.2, 0) is 17.6 Å². The molecule has 2 heterocycles. The number of nitrogens with zero attached hydrogens (tertiary/aromatic N) is 1. The second-order valence-electron chi connectivity index (χ2n) is 5.03. The third kappa shape index (κ3) is 3.48. The summed E-state index contributed by atoms with van der Waals surface area (Å²) in [6, 6.07) is 12.0. The molecule has 0 atom stereocenters. The molecule has 0 aliphatic heterocycles. The first-order valence-corrected chi connectivity index (χ1v) is 7.03. The van der Waals surface area contributed by atoms with Crippen LogP contribution in [0.5, 0.6) is 0 Å². The molecule has 0 fully saturated rings. The minimum atomic E-state index is 0.0546. The zero-order valence-electron chi connectivity index (χ0n) is 11.7. The molecule has 21 heavy (non-hydrogen) atoms. The van der Waals surface area contributed by atoms with Crippen molar-refractivity contribution in [1.82, 2.24) is 15.3 Å². The van der Waals surface area contributed by atoms with E-state index in [-0.39, 0.29) is 5.91 Å². The molecule has 0 spiro atoms. The van der Waals surface area contributed by atoms with Gasteiger partial charge in [0.05, 0.1) is 6.42 Å². The Labute approximate surface area is 123 Å². The summed E-state index contributed by atoms with van der Waals surface area (Å²) >= 11 is 0. The van der Waals surface area contributed by atoms with Gasteiger partial charge in [-0.1, -0.05) is 6.07 Å². The van der Waals surface area contributed by atoms with E-state index >= 15 is 0 Å². The summed E-state index contributed by atoms with van der Waals surface area (Å²) in [5.74, 6) is 0.0546. The van der Waals surface area contributed by atoms with Gasteiger partial charge in [0.15, 0.2) is 0 Å². The van der Waals surface area contributed by atoms with E-state index in [0.717, 1.165) is 22.9 Å². The molecule has 4 nitrogen and oxygen atoms in total. The molecule has 0 aliphatic rings. The van der Waals surface area contributed by atoms with Crippen LogP contribution in [0.4, 0.5) is 0 Å². The predicted molar refractivity (Wildman–Crippen MR) is 83.0 cm³/mol. The number of carbonyl (C=O) groups is 1. The molecule has 4 heteroatoms. The van der Waals surface area contributed by atoms with Crippen molar-refractivity contribution in [3.05, 3.63) is 66.1 Å². The average molecular weight is 279 g/mol. The topological polar surface area (TPSA) is 57.8 Å². The maximum Gasteiger partial charge on any atom is 0.224 e. The van der Waals surface area contributed by atoms with E-state index < -0.39 is 0 Å². The molecule has 3 rings (SSSR count). The summed E-state index contributed by atoms with van der Waals surface area (Å²) in [7, 11) is 0. The molecule has 106 valence electrons. The van der Waals surface area contributed by atoms with Crippen molar-refractivity contribution in [3.8, 4) is 0 Å². The van der Waals surface area contributed by atoms with Crippen molar-refractivity contribution in [2.45, 2.75) is 12.8 Å². The van der Waals surface area contributed by atoms with E-state index in [1.165, 1.54) is 5.56 Å². The maximum atomic E-state index is 11.9. The maximum absolute atomic E-state index is 11.9. The molecule has 0 aliphatic carbocycles. The lowest BCUT2D eigenvalue weighted by atomic mass is 10.1. The van der Waals surface area contributed by atoms with Crippen LogP contribution in [0.1, 0.15) is 11.1 Å². The lowest BCUT2D eigenvalue weighted by molar-refractivity contribution is -0.120. The van der Waals surface area contributed by atoms with Crippen molar-refractivity contribution in [2.24, 2.45) is 0 Å². The Morgan fingerprint density at radius 3 is 2.81 bits per heavy atom. The number of pyridine rings is 1. The van der Waals surface area contributed by atoms with E-state index in [0.29, 0.717) is 13.0 Å². The predicted octanol–water partition coefficient (Wildman–Crippen LogP) is 2.46. The highest BCUT2D eigenvalue weighted by Gasteiger charge is 2.04. The van der Waals surface area contributed by atoms with Gasteiger partial charge in [0.1, 0.15) is 0 Å². The Bertz CT molecular complexity index is 734. The molecular weight excluding hydrogens is 262 g/mol. The normalized spacial score (nSPS) is 10.7. The van der Waals surface area contributed by atoms with E-state index in [2.05, 4.69) is 15.3 Å².